The lowest BCUT2D eigenvalue weighted by atomic mass is 9.74. The Morgan fingerprint density at radius 2 is 2.19 bits per heavy atom. The third-order valence-electron chi connectivity index (χ3n) is 5.51. The maximum atomic E-state index is 10.2. The van der Waals surface area contributed by atoms with Crippen LogP contribution in [0.25, 0.3) is 0 Å². The summed E-state index contributed by atoms with van der Waals surface area (Å²) in [6.45, 7) is 5.19. The molecule has 1 N–H and O–H groups in total. The largest absolute Gasteiger partial charge is 0.497 e. The van der Waals surface area contributed by atoms with E-state index >= 15 is 0 Å². The van der Waals surface area contributed by atoms with Gasteiger partial charge in [0.25, 0.3) is 0 Å². The molecule has 0 bridgehead atoms. The molecule has 1 aromatic carbocycles. The molecular weight excluding hydrogens is 362 g/mol. The molecule has 7 heteroatoms. The van der Waals surface area contributed by atoms with Gasteiger partial charge in [-0.15, -0.1) is 0 Å². The van der Waals surface area contributed by atoms with Gasteiger partial charge in [-0.2, -0.15) is 0 Å². The van der Waals surface area contributed by atoms with Crippen LogP contribution in [0, 0.1) is 5.41 Å². The summed E-state index contributed by atoms with van der Waals surface area (Å²) >= 11 is 1.65. The lowest BCUT2D eigenvalue weighted by Crippen LogP contribution is -2.42. The van der Waals surface area contributed by atoms with Gasteiger partial charge in [0.15, 0.2) is 5.16 Å². The van der Waals surface area contributed by atoms with E-state index in [1.807, 2.05) is 24.5 Å². The number of aliphatic hydroxyl groups excluding tert-OH is 1. The molecule has 3 heterocycles. The van der Waals surface area contributed by atoms with Crippen LogP contribution >= 0.6 is 11.8 Å². The van der Waals surface area contributed by atoms with Crippen molar-refractivity contribution in [1.29, 1.82) is 0 Å². The van der Waals surface area contributed by atoms with E-state index in [-0.39, 0.29) is 17.9 Å². The third-order valence-corrected chi connectivity index (χ3v) is 6.26. The SMILES string of the molecule is CCSc1ncc(CN2C[C@@H]3c4ccc(OC)cc4OC[C@]3(CO)C2)cn1. The van der Waals surface area contributed by atoms with Gasteiger partial charge in [-0.05, 0) is 17.4 Å². The number of benzene rings is 1. The van der Waals surface area contributed by atoms with Crippen molar-refractivity contribution in [1.82, 2.24) is 14.9 Å². The summed E-state index contributed by atoms with van der Waals surface area (Å²) in [5.74, 6) is 2.88. The number of ether oxygens (including phenoxy) is 2. The van der Waals surface area contributed by atoms with Crippen molar-refractivity contribution >= 4 is 11.8 Å². The van der Waals surface area contributed by atoms with Crippen molar-refractivity contribution in [3.8, 4) is 11.5 Å². The van der Waals surface area contributed by atoms with Crippen molar-refractivity contribution < 1.29 is 14.6 Å². The summed E-state index contributed by atoms with van der Waals surface area (Å²) in [5, 5.41) is 11.0. The van der Waals surface area contributed by atoms with Crippen LogP contribution in [-0.2, 0) is 6.54 Å². The number of thioether (sulfide) groups is 1. The maximum Gasteiger partial charge on any atom is 0.187 e. The predicted molar refractivity (Wildman–Crippen MR) is 104 cm³/mol. The smallest absolute Gasteiger partial charge is 0.187 e. The second-order valence-electron chi connectivity index (χ2n) is 7.24. The number of hydrogen-bond donors (Lipinski definition) is 1. The Hall–Kier alpha value is -1.83. The number of rotatable bonds is 6. The third kappa shape index (κ3) is 3.51. The monoisotopic (exact) mass is 387 g/mol. The van der Waals surface area contributed by atoms with Crippen LogP contribution in [-0.4, -0.2) is 59.1 Å². The number of nitrogens with zero attached hydrogens (tertiary/aromatic N) is 3. The Kier molecular flexibility index (Phi) is 5.25. The van der Waals surface area contributed by atoms with E-state index in [2.05, 4.69) is 27.9 Å². The fraction of sp³-hybridized carbons (Fsp3) is 0.500. The summed E-state index contributed by atoms with van der Waals surface area (Å²) < 4.78 is 11.3. The molecule has 144 valence electrons. The molecular formula is C20H25N3O3S. The van der Waals surface area contributed by atoms with Crippen LogP contribution in [0.4, 0.5) is 0 Å². The Morgan fingerprint density at radius 1 is 1.37 bits per heavy atom. The zero-order chi connectivity index (χ0) is 18.9. The first-order chi connectivity index (χ1) is 13.2. The van der Waals surface area contributed by atoms with Gasteiger partial charge in [-0.25, -0.2) is 9.97 Å². The lowest BCUT2D eigenvalue weighted by molar-refractivity contribution is 0.0456. The van der Waals surface area contributed by atoms with Gasteiger partial charge in [0.2, 0.25) is 0 Å². The van der Waals surface area contributed by atoms with E-state index in [1.165, 1.54) is 0 Å². The minimum atomic E-state index is -0.263. The normalized spacial score (nSPS) is 24.2. The number of hydrogen-bond acceptors (Lipinski definition) is 7. The van der Waals surface area contributed by atoms with E-state index in [0.717, 1.165) is 53.2 Å². The van der Waals surface area contributed by atoms with E-state index in [0.29, 0.717) is 6.61 Å². The highest BCUT2D eigenvalue weighted by Gasteiger charge is 2.50. The molecule has 1 aromatic heterocycles. The van der Waals surface area contributed by atoms with Gasteiger partial charge in [-0.3, -0.25) is 4.90 Å². The minimum absolute atomic E-state index is 0.113. The number of fused-ring (bicyclic) bond motifs is 3. The Bertz CT molecular complexity index is 802. The number of aromatic nitrogens is 2. The maximum absolute atomic E-state index is 10.2. The van der Waals surface area contributed by atoms with E-state index in [9.17, 15) is 5.11 Å². The first-order valence-corrected chi connectivity index (χ1v) is 10.2. The van der Waals surface area contributed by atoms with Crippen LogP contribution in [0.1, 0.15) is 24.0 Å². The van der Waals surface area contributed by atoms with Gasteiger partial charge in [0, 0.05) is 55.0 Å². The van der Waals surface area contributed by atoms with Gasteiger partial charge in [0.05, 0.1) is 20.3 Å². The average Bonchev–Trinajstić information content (AvgIpc) is 3.08. The van der Waals surface area contributed by atoms with Gasteiger partial charge in [0.1, 0.15) is 11.5 Å². The van der Waals surface area contributed by atoms with Crippen LogP contribution < -0.4 is 9.47 Å². The molecule has 1 saturated heterocycles. The summed E-state index contributed by atoms with van der Waals surface area (Å²) in [4.78, 5) is 11.2. The molecule has 1 fully saturated rings. The molecule has 2 aliphatic heterocycles. The molecule has 2 atom stereocenters. The molecule has 6 nitrogen and oxygen atoms in total. The first-order valence-electron chi connectivity index (χ1n) is 9.25. The molecule has 0 saturated carbocycles. The zero-order valence-electron chi connectivity index (χ0n) is 15.7. The second kappa shape index (κ2) is 7.66. The zero-order valence-corrected chi connectivity index (χ0v) is 16.5. The molecule has 2 aliphatic rings. The fourth-order valence-corrected chi connectivity index (χ4v) is 4.65. The second-order valence-corrected chi connectivity index (χ2v) is 8.47. The van der Waals surface area contributed by atoms with Gasteiger partial charge >= 0.3 is 0 Å². The quantitative estimate of drug-likeness (QED) is 0.603. The minimum Gasteiger partial charge on any atom is -0.497 e. The summed E-state index contributed by atoms with van der Waals surface area (Å²) in [7, 11) is 1.66. The Balaban J connectivity index is 1.53. The van der Waals surface area contributed by atoms with Gasteiger partial charge in [-0.1, -0.05) is 24.8 Å². The molecule has 0 aliphatic carbocycles. The van der Waals surface area contributed by atoms with Crippen molar-refractivity contribution in [3.05, 3.63) is 41.7 Å². The Labute approximate surface area is 163 Å². The summed E-state index contributed by atoms with van der Waals surface area (Å²) in [6.07, 6.45) is 3.82. The molecule has 0 unspecified atom stereocenters. The van der Waals surface area contributed by atoms with E-state index in [1.54, 1.807) is 18.9 Å². The first kappa shape index (κ1) is 18.5. The number of likely N-dealkylation sites (tertiary alicyclic amines) is 1. The highest BCUT2D eigenvalue weighted by atomic mass is 32.2. The summed E-state index contributed by atoms with van der Waals surface area (Å²) in [6, 6.07) is 5.99. The number of aliphatic hydroxyl groups is 1. The fourth-order valence-electron chi connectivity index (χ4n) is 4.14. The van der Waals surface area contributed by atoms with Crippen LogP contribution in [0.2, 0.25) is 0 Å². The standard InChI is InChI=1S/C20H25N3O3S/c1-3-27-19-21-7-14(8-22-19)9-23-10-17-16-5-4-15(25-2)6-18(16)26-13-20(17,11-23)12-24/h4-8,17,24H,3,9-13H2,1-2H3/t17-,20-/m1/s1. The average molecular weight is 388 g/mol. The molecule has 0 spiro atoms. The molecule has 0 radical (unpaired) electrons. The lowest BCUT2D eigenvalue weighted by Gasteiger charge is -2.38. The molecule has 2 aromatic rings. The van der Waals surface area contributed by atoms with E-state index in [4.69, 9.17) is 9.47 Å². The van der Waals surface area contributed by atoms with Crippen molar-refractivity contribution in [2.45, 2.75) is 24.5 Å². The molecule has 4 rings (SSSR count). The predicted octanol–water partition coefficient (Wildman–Crippen LogP) is 2.57. The highest BCUT2D eigenvalue weighted by Crippen LogP contribution is 2.50. The van der Waals surface area contributed by atoms with Crippen LogP contribution in [0.5, 0.6) is 11.5 Å². The molecule has 0 amide bonds. The number of methoxy groups -OCH3 is 1. The summed E-state index contributed by atoms with van der Waals surface area (Å²) in [5.41, 5.74) is 1.99. The molecule has 27 heavy (non-hydrogen) atoms. The topological polar surface area (TPSA) is 67.7 Å². The van der Waals surface area contributed by atoms with Crippen molar-refractivity contribution in [3.63, 3.8) is 0 Å². The highest BCUT2D eigenvalue weighted by molar-refractivity contribution is 7.99. The van der Waals surface area contributed by atoms with Crippen molar-refractivity contribution in [2.75, 3.05) is 39.2 Å². The van der Waals surface area contributed by atoms with Crippen LogP contribution in [0.15, 0.2) is 35.7 Å². The van der Waals surface area contributed by atoms with Gasteiger partial charge < -0.3 is 14.6 Å². The van der Waals surface area contributed by atoms with E-state index < -0.39 is 0 Å². The Morgan fingerprint density at radius 3 is 2.89 bits per heavy atom. The van der Waals surface area contributed by atoms with Crippen molar-refractivity contribution in [2.24, 2.45) is 5.41 Å². The van der Waals surface area contributed by atoms with Crippen LogP contribution in [0.3, 0.4) is 0 Å².